The van der Waals surface area contributed by atoms with E-state index in [1.165, 1.54) is 15.6 Å². The Morgan fingerprint density at radius 3 is 2.74 bits per heavy atom. The van der Waals surface area contributed by atoms with Crippen molar-refractivity contribution >= 4 is 21.4 Å². The fourth-order valence-electron chi connectivity index (χ4n) is 2.64. The van der Waals surface area contributed by atoms with Crippen LogP contribution in [0.2, 0.25) is 0 Å². The zero-order chi connectivity index (χ0) is 13.5. The Morgan fingerprint density at radius 1 is 1.21 bits per heavy atom. The summed E-state index contributed by atoms with van der Waals surface area (Å²) in [7, 11) is 0. The van der Waals surface area contributed by atoms with Gasteiger partial charge >= 0.3 is 0 Å². The normalized spacial score (nSPS) is 15.7. The molecule has 1 aromatic heterocycles. The molecule has 0 fully saturated rings. The van der Waals surface area contributed by atoms with Gasteiger partial charge in [-0.3, -0.25) is 0 Å². The number of benzene rings is 1. The quantitative estimate of drug-likeness (QED) is 0.826. The molecule has 1 aromatic carbocycles. The van der Waals surface area contributed by atoms with E-state index in [-0.39, 0.29) is 5.54 Å². The summed E-state index contributed by atoms with van der Waals surface area (Å²) in [6.07, 6.45) is 4.41. The molecule has 0 saturated carbocycles. The number of thiophene rings is 1. The Balaban J connectivity index is 1.98. The maximum atomic E-state index is 2.42. The fraction of sp³-hybridized carbons (Fsp3) is 0.375. The molecule has 0 atom stereocenters. The van der Waals surface area contributed by atoms with Crippen LogP contribution in [0.25, 0.3) is 10.1 Å². The molecule has 0 N–H and O–H groups in total. The molecule has 1 aliphatic rings. The molecule has 2 aromatic rings. The summed E-state index contributed by atoms with van der Waals surface area (Å²) in [6, 6.07) is 8.69. The maximum Gasteiger partial charge on any atom is 0.0901 e. The zero-order valence-corrected chi connectivity index (χ0v) is 12.6. The van der Waals surface area contributed by atoms with Crippen LogP contribution in [-0.2, 0) is 5.54 Å². The van der Waals surface area contributed by atoms with Gasteiger partial charge in [-0.05, 0) is 43.2 Å². The maximum absolute atomic E-state index is 2.42. The minimum Gasteiger partial charge on any atom is -0.359 e. The zero-order valence-electron chi connectivity index (χ0n) is 11.8. The molecule has 3 rings (SSSR count). The summed E-state index contributed by atoms with van der Waals surface area (Å²) in [5.41, 5.74) is 1.45. The summed E-state index contributed by atoms with van der Waals surface area (Å²) < 4.78 is 1.38. The molecule has 19 heavy (non-hydrogen) atoms. The van der Waals surface area contributed by atoms with Crippen molar-refractivity contribution in [3.8, 4) is 0 Å². The number of fused-ring (bicyclic) bond motifs is 1. The Kier molecular flexibility index (Phi) is 3.02. The van der Waals surface area contributed by atoms with Crippen molar-refractivity contribution in [3.63, 3.8) is 0 Å². The van der Waals surface area contributed by atoms with Gasteiger partial charge in [-0.1, -0.05) is 18.2 Å². The van der Waals surface area contributed by atoms with Crippen LogP contribution in [0.1, 0.15) is 26.3 Å². The Labute approximate surface area is 118 Å². The first-order chi connectivity index (χ1) is 9.13. The molecule has 3 heteroatoms. The SMILES string of the molecule is CCN1C=CN(C(C)(C)c2csc3ccccc23)C1. The predicted molar refractivity (Wildman–Crippen MR) is 83.1 cm³/mol. The van der Waals surface area contributed by atoms with E-state index >= 15 is 0 Å². The van der Waals surface area contributed by atoms with E-state index in [0.717, 1.165) is 13.2 Å². The first kappa shape index (κ1) is 12.5. The monoisotopic (exact) mass is 272 g/mol. The van der Waals surface area contributed by atoms with Crippen LogP contribution in [0.15, 0.2) is 42.0 Å². The van der Waals surface area contributed by atoms with Crippen molar-refractivity contribution in [2.24, 2.45) is 0 Å². The van der Waals surface area contributed by atoms with E-state index in [0.29, 0.717) is 0 Å². The predicted octanol–water partition coefficient (Wildman–Crippen LogP) is 4.20. The summed E-state index contributed by atoms with van der Waals surface area (Å²) in [5.74, 6) is 0. The third-order valence-corrected chi connectivity index (χ3v) is 5.02. The van der Waals surface area contributed by atoms with E-state index in [1.54, 1.807) is 0 Å². The van der Waals surface area contributed by atoms with Crippen LogP contribution in [-0.4, -0.2) is 23.0 Å². The average Bonchev–Trinajstić information content (AvgIpc) is 3.06. The molecule has 100 valence electrons. The molecule has 2 nitrogen and oxygen atoms in total. The van der Waals surface area contributed by atoms with E-state index in [4.69, 9.17) is 0 Å². The van der Waals surface area contributed by atoms with Gasteiger partial charge in [0.25, 0.3) is 0 Å². The average molecular weight is 272 g/mol. The molecule has 2 heterocycles. The van der Waals surface area contributed by atoms with Crippen molar-refractivity contribution in [2.75, 3.05) is 13.2 Å². The van der Waals surface area contributed by atoms with Crippen LogP contribution in [0.5, 0.6) is 0 Å². The van der Waals surface area contributed by atoms with Crippen molar-refractivity contribution in [3.05, 3.63) is 47.6 Å². The summed E-state index contributed by atoms with van der Waals surface area (Å²) in [4.78, 5) is 4.75. The number of rotatable bonds is 3. The standard InChI is InChI=1S/C16H20N2S/c1-4-17-9-10-18(12-17)16(2,3)14-11-19-15-8-6-5-7-13(14)15/h5-11H,4,12H2,1-3H3. The lowest BCUT2D eigenvalue weighted by molar-refractivity contribution is 0.150. The van der Waals surface area contributed by atoms with Crippen molar-refractivity contribution in [1.29, 1.82) is 0 Å². The highest BCUT2D eigenvalue weighted by Gasteiger charge is 2.31. The van der Waals surface area contributed by atoms with Crippen LogP contribution in [0, 0.1) is 0 Å². The largest absolute Gasteiger partial charge is 0.359 e. The van der Waals surface area contributed by atoms with E-state index in [2.05, 4.69) is 72.6 Å². The van der Waals surface area contributed by atoms with E-state index in [9.17, 15) is 0 Å². The van der Waals surface area contributed by atoms with Crippen molar-refractivity contribution < 1.29 is 0 Å². The highest BCUT2D eigenvalue weighted by Crippen LogP contribution is 2.38. The third kappa shape index (κ3) is 2.02. The second kappa shape index (κ2) is 4.57. The smallest absolute Gasteiger partial charge is 0.0901 e. The Hall–Kier alpha value is -1.48. The van der Waals surface area contributed by atoms with Crippen LogP contribution >= 0.6 is 11.3 Å². The van der Waals surface area contributed by atoms with Gasteiger partial charge in [-0.15, -0.1) is 11.3 Å². The molecular weight excluding hydrogens is 252 g/mol. The molecule has 0 saturated heterocycles. The van der Waals surface area contributed by atoms with E-state index in [1.807, 2.05) is 11.3 Å². The molecular formula is C16H20N2S. The van der Waals surface area contributed by atoms with Gasteiger partial charge in [-0.25, -0.2) is 0 Å². The summed E-state index contributed by atoms with van der Waals surface area (Å²) in [6.45, 7) is 8.86. The van der Waals surface area contributed by atoms with Crippen molar-refractivity contribution in [2.45, 2.75) is 26.3 Å². The lowest BCUT2D eigenvalue weighted by Gasteiger charge is -2.36. The molecule has 0 unspecified atom stereocenters. The minimum atomic E-state index is 0.0278. The summed E-state index contributed by atoms with van der Waals surface area (Å²) >= 11 is 1.84. The summed E-state index contributed by atoms with van der Waals surface area (Å²) in [5, 5.41) is 3.70. The van der Waals surface area contributed by atoms with Gasteiger partial charge in [0, 0.05) is 23.6 Å². The highest BCUT2D eigenvalue weighted by atomic mass is 32.1. The number of nitrogens with zero attached hydrogens (tertiary/aromatic N) is 2. The van der Waals surface area contributed by atoms with Gasteiger partial charge in [0.15, 0.2) is 0 Å². The van der Waals surface area contributed by atoms with Gasteiger partial charge in [0.2, 0.25) is 0 Å². The topological polar surface area (TPSA) is 6.48 Å². The van der Waals surface area contributed by atoms with Gasteiger partial charge in [0.05, 0.1) is 12.2 Å². The molecule has 0 aliphatic carbocycles. The number of hydrogen-bond donors (Lipinski definition) is 0. The fourth-order valence-corrected chi connectivity index (χ4v) is 3.76. The lowest BCUT2D eigenvalue weighted by Crippen LogP contribution is -2.39. The van der Waals surface area contributed by atoms with Gasteiger partial charge in [0.1, 0.15) is 0 Å². The highest BCUT2D eigenvalue weighted by molar-refractivity contribution is 7.17. The van der Waals surface area contributed by atoms with Crippen LogP contribution in [0.4, 0.5) is 0 Å². The Bertz CT molecular complexity index is 612. The molecule has 0 radical (unpaired) electrons. The number of hydrogen-bond acceptors (Lipinski definition) is 3. The van der Waals surface area contributed by atoms with Gasteiger partial charge < -0.3 is 9.80 Å². The van der Waals surface area contributed by atoms with Gasteiger partial charge in [-0.2, -0.15) is 0 Å². The molecule has 0 amide bonds. The molecule has 0 bridgehead atoms. The first-order valence-electron chi connectivity index (χ1n) is 6.78. The van der Waals surface area contributed by atoms with E-state index < -0.39 is 0 Å². The van der Waals surface area contributed by atoms with Crippen LogP contribution in [0.3, 0.4) is 0 Å². The van der Waals surface area contributed by atoms with Crippen molar-refractivity contribution in [1.82, 2.24) is 9.80 Å². The minimum absolute atomic E-state index is 0.0278. The molecule has 1 aliphatic heterocycles. The lowest BCUT2D eigenvalue weighted by atomic mass is 9.92. The van der Waals surface area contributed by atoms with Crippen LogP contribution < -0.4 is 0 Å². The first-order valence-corrected chi connectivity index (χ1v) is 7.66. The second-order valence-electron chi connectivity index (χ2n) is 5.52. The molecule has 0 spiro atoms. The second-order valence-corrected chi connectivity index (χ2v) is 6.43. The Morgan fingerprint density at radius 2 is 2.00 bits per heavy atom. The third-order valence-electron chi connectivity index (χ3n) is 4.06.